The largest absolute Gasteiger partial charge is 0.394 e. The van der Waals surface area contributed by atoms with Gasteiger partial charge in [-0.25, -0.2) is 9.97 Å². The number of anilines is 2. The second kappa shape index (κ2) is 9.49. The van der Waals surface area contributed by atoms with Crippen LogP contribution in [0.4, 0.5) is 11.5 Å². The maximum Gasteiger partial charge on any atom is 0.164 e. The minimum atomic E-state index is -1.22. The number of ether oxygens (including phenoxy) is 1. The highest BCUT2D eigenvalue weighted by molar-refractivity contribution is 6.02. The maximum atomic E-state index is 10.7. The Balaban J connectivity index is 1.62. The van der Waals surface area contributed by atoms with Crippen LogP contribution >= 0.6 is 0 Å². The zero-order valence-corrected chi connectivity index (χ0v) is 18.5. The van der Waals surface area contributed by atoms with Crippen molar-refractivity contribution in [2.45, 2.75) is 31.0 Å². The standard InChI is InChI=1S/C25H27N5O4/c26-11-10-15-6-8-17(9-7-15)29-23-20-18(16-4-2-1-3-5-16)12-30(24(20)28-14-27-23)25-22(33)21(32)19(13-31)34-25/h1-9,12,14,19,21-22,25,31-33H,10-11,13,26H2,(H,27,28,29)/t19-,21+,22+,25-/m1/s1. The molecular weight excluding hydrogens is 434 g/mol. The number of hydrogen-bond donors (Lipinski definition) is 5. The highest BCUT2D eigenvalue weighted by Gasteiger charge is 2.44. The van der Waals surface area contributed by atoms with Crippen LogP contribution in [-0.4, -0.2) is 61.3 Å². The van der Waals surface area contributed by atoms with E-state index < -0.39 is 31.1 Å². The fraction of sp³-hybridized carbons (Fsp3) is 0.280. The predicted molar refractivity (Wildman–Crippen MR) is 128 cm³/mol. The summed E-state index contributed by atoms with van der Waals surface area (Å²) in [6.07, 6.45) is -0.139. The molecule has 6 N–H and O–H groups in total. The lowest BCUT2D eigenvalue weighted by Gasteiger charge is -2.17. The van der Waals surface area contributed by atoms with Gasteiger partial charge in [0.05, 0.1) is 12.0 Å². The Hall–Kier alpha value is -3.34. The van der Waals surface area contributed by atoms with Crippen molar-refractivity contribution >= 4 is 22.5 Å². The molecular formula is C25H27N5O4. The first kappa shape index (κ1) is 22.5. The molecule has 0 bridgehead atoms. The summed E-state index contributed by atoms with van der Waals surface area (Å²) in [5.41, 5.74) is 9.99. The maximum absolute atomic E-state index is 10.7. The van der Waals surface area contributed by atoms with Crippen molar-refractivity contribution in [3.05, 3.63) is 72.7 Å². The topological polar surface area (TPSA) is 139 Å². The summed E-state index contributed by atoms with van der Waals surface area (Å²) in [5, 5.41) is 34.6. The second-order valence-electron chi connectivity index (χ2n) is 8.33. The van der Waals surface area contributed by atoms with Crippen molar-refractivity contribution in [2.24, 2.45) is 5.73 Å². The first-order valence-corrected chi connectivity index (χ1v) is 11.2. The van der Waals surface area contributed by atoms with E-state index in [0.717, 1.165) is 34.2 Å². The van der Waals surface area contributed by atoms with Crippen LogP contribution in [0.25, 0.3) is 22.2 Å². The zero-order chi connectivity index (χ0) is 23.7. The van der Waals surface area contributed by atoms with E-state index in [-0.39, 0.29) is 0 Å². The molecule has 0 spiro atoms. The van der Waals surface area contributed by atoms with Crippen LogP contribution in [0.15, 0.2) is 67.1 Å². The molecule has 1 saturated heterocycles. The van der Waals surface area contributed by atoms with Crippen molar-refractivity contribution in [3.63, 3.8) is 0 Å². The average Bonchev–Trinajstić information content (AvgIpc) is 3.39. The van der Waals surface area contributed by atoms with Gasteiger partial charge in [-0.2, -0.15) is 0 Å². The summed E-state index contributed by atoms with van der Waals surface area (Å²) in [6, 6.07) is 17.8. The van der Waals surface area contributed by atoms with Gasteiger partial charge < -0.3 is 35.7 Å². The molecule has 0 amide bonds. The van der Waals surface area contributed by atoms with E-state index in [1.807, 2.05) is 60.8 Å². The molecule has 1 aliphatic rings. The molecule has 3 heterocycles. The Morgan fingerprint density at radius 2 is 1.76 bits per heavy atom. The number of aliphatic hydroxyl groups is 3. The van der Waals surface area contributed by atoms with Gasteiger partial charge in [0.1, 0.15) is 36.1 Å². The molecule has 4 atom stereocenters. The van der Waals surface area contributed by atoms with E-state index in [1.165, 1.54) is 6.33 Å². The Labute approximate surface area is 196 Å². The van der Waals surface area contributed by atoms with Gasteiger partial charge >= 0.3 is 0 Å². The van der Waals surface area contributed by atoms with Gasteiger partial charge in [-0.15, -0.1) is 0 Å². The van der Waals surface area contributed by atoms with Crippen molar-refractivity contribution in [1.82, 2.24) is 14.5 Å². The van der Waals surface area contributed by atoms with E-state index in [4.69, 9.17) is 10.5 Å². The lowest BCUT2D eigenvalue weighted by Crippen LogP contribution is -2.33. The summed E-state index contributed by atoms with van der Waals surface area (Å²) in [4.78, 5) is 8.99. The number of nitrogens with two attached hydrogens (primary N) is 1. The summed E-state index contributed by atoms with van der Waals surface area (Å²) < 4.78 is 7.49. The highest BCUT2D eigenvalue weighted by Crippen LogP contribution is 2.39. The predicted octanol–water partition coefficient (Wildman–Crippen LogP) is 1.95. The molecule has 0 unspecified atom stereocenters. The highest BCUT2D eigenvalue weighted by atomic mass is 16.6. The lowest BCUT2D eigenvalue weighted by molar-refractivity contribution is -0.0508. The minimum absolute atomic E-state index is 0.401. The number of hydrogen-bond acceptors (Lipinski definition) is 8. The van der Waals surface area contributed by atoms with Gasteiger partial charge in [-0.3, -0.25) is 0 Å². The third-order valence-corrected chi connectivity index (χ3v) is 6.14. The van der Waals surface area contributed by atoms with Gasteiger partial charge in [0, 0.05) is 17.4 Å². The first-order chi connectivity index (χ1) is 16.6. The van der Waals surface area contributed by atoms with Crippen molar-refractivity contribution < 1.29 is 20.1 Å². The smallest absolute Gasteiger partial charge is 0.164 e. The van der Waals surface area contributed by atoms with E-state index in [1.54, 1.807) is 4.57 Å². The van der Waals surface area contributed by atoms with Crippen LogP contribution in [0.1, 0.15) is 11.8 Å². The third kappa shape index (κ3) is 4.04. The molecule has 2 aromatic heterocycles. The zero-order valence-electron chi connectivity index (χ0n) is 18.5. The Kier molecular flexibility index (Phi) is 6.27. The normalized spacial score (nSPS) is 22.4. The molecule has 0 radical (unpaired) electrons. The number of rotatable bonds is 7. The van der Waals surface area contributed by atoms with E-state index in [0.29, 0.717) is 18.0 Å². The molecule has 2 aromatic carbocycles. The quantitative estimate of drug-likeness (QED) is 0.282. The molecule has 1 aliphatic heterocycles. The number of nitrogens with one attached hydrogen (secondary N) is 1. The number of aliphatic hydroxyl groups excluding tert-OH is 3. The number of benzene rings is 2. The third-order valence-electron chi connectivity index (χ3n) is 6.14. The molecule has 4 aromatic rings. The van der Waals surface area contributed by atoms with Gasteiger partial charge in [0.15, 0.2) is 6.23 Å². The van der Waals surface area contributed by atoms with Crippen LogP contribution < -0.4 is 11.1 Å². The van der Waals surface area contributed by atoms with Crippen molar-refractivity contribution in [3.8, 4) is 11.1 Å². The number of nitrogens with zero attached hydrogens (tertiary/aromatic N) is 3. The van der Waals surface area contributed by atoms with Crippen LogP contribution in [0.3, 0.4) is 0 Å². The van der Waals surface area contributed by atoms with Crippen LogP contribution in [0.5, 0.6) is 0 Å². The van der Waals surface area contributed by atoms with Crippen LogP contribution in [0.2, 0.25) is 0 Å². The molecule has 0 aliphatic carbocycles. The molecule has 176 valence electrons. The summed E-state index contributed by atoms with van der Waals surface area (Å²) >= 11 is 0. The Morgan fingerprint density at radius 3 is 2.44 bits per heavy atom. The first-order valence-electron chi connectivity index (χ1n) is 11.2. The monoisotopic (exact) mass is 461 g/mol. The fourth-order valence-corrected chi connectivity index (χ4v) is 4.38. The van der Waals surface area contributed by atoms with Crippen molar-refractivity contribution in [1.29, 1.82) is 0 Å². The van der Waals surface area contributed by atoms with Crippen molar-refractivity contribution in [2.75, 3.05) is 18.5 Å². The van der Waals surface area contributed by atoms with Gasteiger partial charge in [-0.05, 0) is 36.2 Å². The van der Waals surface area contributed by atoms with Crippen LogP contribution in [0, 0.1) is 0 Å². The minimum Gasteiger partial charge on any atom is -0.394 e. The lowest BCUT2D eigenvalue weighted by atomic mass is 10.1. The molecule has 1 fully saturated rings. The number of fused-ring (bicyclic) bond motifs is 1. The van der Waals surface area contributed by atoms with E-state index in [9.17, 15) is 15.3 Å². The van der Waals surface area contributed by atoms with Gasteiger partial charge in [-0.1, -0.05) is 42.5 Å². The molecule has 34 heavy (non-hydrogen) atoms. The molecule has 0 saturated carbocycles. The van der Waals surface area contributed by atoms with Gasteiger partial charge in [0.25, 0.3) is 0 Å². The molecule has 5 rings (SSSR count). The molecule has 9 nitrogen and oxygen atoms in total. The Bertz CT molecular complexity index is 1260. The van der Waals surface area contributed by atoms with Crippen LogP contribution in [-0.2, 0) is 11.2 Å². The number of aromatic nitrogens is 3. The second-order valence-corrected chi connectivity index (χ2v) is 8.33. The molecule has 9 heteroatoms. The average molecular weight is 462 g/mol. The fourth-order valence-electron chi connectivity index (χ4n) is 4.38. The summed E-state index contributed by atoms with van der Waals surface area (Å²) in [7, 11) is 0. The van der Waals surface area contributed by atoms with E-state index >= 15 is 0 Å². The van der Waals surface area contributed by atoms with Gasteiger partial charge in [0.2, 0.25) is 0 Å². The van der Waals surface area contributed by atoms with E-state index in [2.05, 4.69) is 15.3 Å². The SMILES string of the molecule is NCCc1ccc(Nc2ncnc3c2c(-c2ccccc2)cn3[C@@H]2O[C@H](CO)[C@H](O)[C@@H]2O)cc1. The summed E-state index contributed by atoms with van der Waals surface area (Å²) in [6.45, 7) is 0.190. The Morgan fingerprint density at radius 1 is 1.00 bits per heavy atom. The summed E-state index contributed by atoms with van der Waals surface area (Å²) in [5.74, 6) is 0.598.